The molecule has 10 nitrogen and oxygen atoms in total. The van der Waals surface area contributed by atoms with Crippen molar-refractivity contribution in [3.63, 3.8) is 0 Å². The topological polar surface area (TPSA) is 129 Å². The molecular weight excluding hydrogens is 364 g/mol. The van der Waals surface area contributed by atoms with Gasteiger partial charge in [0, 0.05) is 6.07 Å². The summed E-state index contributed by atoms with van der Waals surface area (Å²) in [6.45, 7) is 0. The molecule has 136 valence electrons. The summed E-state index contributed by atoms with van der Waals surface area (Å²) < 4.78 is 10.1. The van der Waals surface area contributed by atoms with Gasteiger partial charge in [-0.3, -0.25) is 20.2 Å². The number of nitro benzene ring substituents is 2. The minimum atomic E-state index is -0.570. The number of nitrogens with one attached hydrogen (secondary N) is 2. The van der Waals surface area contributed by atoms with E-state index in [9.17, 15) is 20.2 Å². The fourth-order valence-corrected chi connectivity index (χ4v) is 2.29. The van der Waals surface area contributed by atoms with Crippen molar-refractivity contribution in [3.05, 3.63) is 56.6 Å². The maximum atomic E-state index is 11.2. The van der Waals surface area contributed by atoms with Crippen molar-refractivity contribution in [2.75, 3.05) is 24.9 Å². The second-order valence-electron chi connectivity index (χ2n) is 4.86. The molecule has 0 unspecified atom stereocenters. The summed E-state index contributed by atoms with van der Waals surface area (Å²) in [5.74, 6) is 0.533. The Morgan fingerprint density at radius 1 is 0.962 bits per heavy atom. The van der Waals surface area contributed by atoms with Gasteiger partial charge >= 0.3 is 0 Å². The van der Waals surface area contributed by atoms with Gasteiger partial charge in [-0.25, -0.2) is 0 Å². The summed E-state index contributed by atoms with van der Waals surface area (Å²) in [5, 5.41) is 27.6. The van der Waals surface area contributed by atoms with Crippen molar-refractivity contribution in [3.8, 4) is 11.5 Å². The molecule has 0 bridgehead atoms. The number of hydrogen-bond acceptors (Lipinski definition) is 7. The van der Waals surface area contributed by atoms with Crippen molar-refractivity contribution in [1.82, 2.24) is 0 Å². The standard InChI is InChI=1S/C15H14N4O6S/c1-24-10-4-6-11(13(8-10)19(22)23)16-15(26)17-12-5-3-9(18(20)21)7-14(12)25-2/h3-8H,1-2H3,(H2,16,17,26). The van der Waals surface area contributed by atoms with E-state index in [0.717, 1.165) is 0 Å². The summed E-state index contributed by atoms with van der Waals surface area (Å²) in [4.78, 5) is 20.9. The van der Waals surface area contributed by atoms with Gasteiger partial charge in [-0.15, -0.1) is 0 Å². The predicted octanol–water partition coefficient (Wildman–Crippen LogP) is 3.33. The third-order valence-electron chi connectivity index (χ3n) is 3.29. The first-order chi connectivity index (χ1) is 12.3. The van der Waals surface area contributed by atoms with Crippen LogP contribution < -0.4 is 20.1 Å². The molecule has 0 amide bonds. The quantitative estimate of drug-likeness (QED) is 0.441. The Morgan fingerprint density at radius 2 is 1.62 bits per heavy atom. The highest BCUT2D eigenvalue weighted by Crippen LogP contribution is 2.31. The molecule has 2 rings (SSSR count). The van der Waals surface area contributed by atoms with Crippen molar-refractivity contribution in [1.29, 1.82) is 0 Å². The fraction of sp³-hybridized carbons (Fsp3) is 0.133. The van der Waals surface area contributed by atoms with E-state index in [1.807, 2.05) is 0 Å². The summed E-state index contributed by atoms with van der Waals surface area (Å²) in [7, 11) is 2.76. The van der Waals surface area contributed by atoms with Gasteiger partial charge in [0.15, 0.2) is 5.11 Å². The molecular formula is C15H14N4O6S. The van der Waals surface area contributed by atoms with Crippen LogP contribution in [0, 0.1) is 20.2 Å². The smallest absolute Gasteiger partial charge is 0.296 e. The average Bonchev–Trinajstić information content (AvgIpc) is 2.61. The van der Waals surface area contributed by atoms with Gasteiger partial charge in [0.2, 0.25) is 0 Å². The SMILES string of the molecule is COc1ccc(NC(=S)Nc2ccc([N+](=O)[O-])cc2OC)c([N+](=O)[O-])c1. The first kappa shape index (κ1) is 18.9. The Balaban J connectivity index is 2.22. The van der Waals surface area contributed by atoms with Gasteiger partial charge < -0.3 is 20.1 Å². The normalized spacial score (nSPS) is 9.92. The molecule has 26 heavy (non-hydrogen) atoms. The lowest BCUT2D eigenvalue weighted by molar-refractivity contribution is -0.384. The highest BCUT2D eigenvalue weighted by atomic mass is 32.1. The molecule has 0 saturated heterocycles. The van der Waals surface area contributed by atoms with Gasteiger partial charge in [0.05, 0.1) is 41.9 Å². The molecule has 0 aliphatic heterocycles. The number of rotatable bonds is 6. The third-order valence-corrected chi connectivity index (χ3v) is 3.50. The van der Waals surface area contributed by atoms with Crippen molar-refractivity contribution >= 4 is 40.1 Å². The van der Waals surface area contributed by atoms with E-state index in [1.165, 1.54) is 44.6 Å². The summed E-state index contributed by atoms with van der Waals surface area (Å²) in [5.41, 5.74) is 0.169. The molecule has 0 heterocycles. The monoisotopic (exact) mass is 378 g/mol. The molecule has 11 heteroatoms. The zero-order valence-electron chi connectivity index (χ0n) is 13.7. The number of hydrogen-bond donors (Lipinski definition) is 2. The summed E-state index contributed by atoms with van der Waals surface area (Å²) in [6.07, 6.45) is 0. The Bertz CT molecular complexity index is 873. The molecule has 0 saturated carbocycles. The summed E-state index contributed by atoms with van der Waals surface area (Å²) in [6, 6.07) is 8.21. The number of non-ortho nitro benzene ring substituents is 1. The molecule has 2 aromatic carbocycles. The molecule has 0 aliphatic rings. The van der Waals surface area contributed by atoms with Gasteiger partial charge in [-0.05, 0) is 30.4 Å². The van der Waals surface area contributed by atoms with Crippen LogP contribution in [0.4, 0.5) is 22.7 Å². The number of benzene rings is 2. The van der Waals surface area contributed by atoms with Crippen LogP contribution in [0.15, 0.2) is 36.4 Å². The molecule has 2 N–H and O–H groups in total. The highest BCUT2D eigenvalue weighted by molar-refractivity contribution is 7.80. The van der Waals surface area contributed by atoms with E-state index in [0.29, 0.717) is 11.4 Å². The third kappa shape index (κ3) is 4.33. The lowest BCUT2D eigenvalue weighted by atomic mass is 10.2. The van der Waals surface area contributed by atoms with Crippen molar-refractivity contribution in [2.24, 2.45) is 0 Å². The second kappa shape index (κ2) is 8.07. The van der Waals surface area contributed by atoms with Crippen LogP contribution in [0.2, 0.25) is 0 Å². The van der Waals surface area contributed by atoms with Gasteiger partial charge in [-0.2, -0.15) is 0 Å². The van der Waals surface area contributed by atoms with E-state index in [-0.39, 0.29) is 27.9 Å². The van der Waals surface area contributed by atoms with Crippen LogP contribution in [0.3, 0.4) is 0 Å². The summed E-state index contributed by atoms with van der Waals surface area (Å²) >= 11 is 5.15. The minimum absolute atomic E-state index is 0.0467. The van der Waals surface area contributed by atoms with Gasteiger partial charge in [0.25, 0.3) is 11.4 Å². The van der Waals surface area contributed by atoms with Crippen LogP contribution in [0.1, 0.15) is 0 Å². The van der Waals surface area contributed by atoms with E-state index >= 15 is 0 Å². The van der Waals surface area contributed by atoms with Gasteiger partial charge in [0.1, 0.15) is 17.2 Å². The number of ether oxygens (including phenoxy) is 2. The van der Waals surface area contributed by atoms with E-state index in [2.05, 4.69) is 10.6 Å². The van der Waals surface area contributed by atoms with Gasteiger partial charge in [-0.1, -0.05) is 0 Å². The highest BCUT2D eigenvalue weighted by Gasteiger charge is 2.17. The number of nitro groups is 2. The van der Waals surface area contributed by atoms with Crippen LogP contribution in [-0.4, -0.2) is 29.2 Å². The Kier molecular flexibility index (Phi) is 5.86. The van der Waals surface area contributed by atoms with Crippen LogP contribution in [0.5, 0.6) is 11.5 Å². The second-order valence-corrected chi connectivity index (χ2v) is 5.27. The fourth-order valence-electron chi connectivity index (χ4n) is 2.07. The van der Waals surface area contributed by atoms with E-state index in [4.69, 9.17) is 21.7 Å². The number of anilines is 2. The Hall–Kier alpha value is -3.47. The zero-order valence-corrected chi connectivity index (χ0v) is 14.5. The van der Waals surface area contributed by atoms with Crippen LogP contribution in [0.25, 0.3) is 0 Å². The number of nitrogens with zero attached hydrogens (tertiary/aromatic N) is 2. The minimum Gasteiger partial charge on any atom is -0.496 e. The Labute approximate surface area is 153 Å². The first-order valence-corrected chi connectivity index (χ1v) is 7.49. The molecule has 0 radical (unpaired) electrons. The number of methoxy groups -OCH3 is 2. The molecule has 2 aromatic rings. The lowest BCUT2D eigenvalue weighted by Gasteiger charge is -2.13. The largest absolute Gasteiger partial charge is 0.496 e. The average molecular weight is 378 g/mol. The molecule has 0 fully saturated rings. The first-order valence-electron chi connectivity index (χ1n) is 7.08. The maximum absolute atomic E-state index is 11.2. The maximum Gasteiger partial charge on any atom is 0.296 e. The molecule has 0 spiro atoms. The lowest BCUT2D eigenvalue weighted by Crippen LogP contribution is -2.20. The van der Waals surface area contributed by atoms with Crippen molar-refractivity contribution in [2.45, 2.75) is 0 Å². The predicted molar refractivity (Wildman–Crippen MR) is 99.1 cm³/mol. The van der Waals surface area contributed by atoms with E-state index < -0.39 is 9.85 Å². The Morgan fingerprint density at radius 3 is 2.19 bits per heavy atom. The van der Waals surface area contributed by atoms with Crippen LogP contribution >= 0.6 is 12.2 Å². The zero-order chi connectivity index (χ0) is 19.3. The van der Waals surface area contributed by atoms with E-state index in [1.54, 1.807) is 6.07 Å². The van der Waals surface area contributed by atoms with Crippen LogP contribution in [-0.2, 0) is 0 Å². The van der Waals surface area contributed by atoms with Crippen molar-refractivity contribution < 1.29 is 19.3 Å². The number of thiocarbonyl (C=S) groups is 1. The molecule has 0 atom stereocenters. The molecule has 0 aliphatic carbocycles. The molecule has 0 aromatic heterocycles.